The van der Waals surface area contributed by atoms with Crippen molar-refractivity contribution in [2.75, 3.05) is 6.61 Å². The van der Waals surface area contributed by atoms with Crippen molar-refractivity contribution in [3.8, 4) is 11.1 Å². The Morgan fingerprint density at radius 3 is 2.27 bits per heavy atom. The number of nitrogens with zero attached hydrogens (tertiary/aromatic N) is 1. The van der Waals surface area contributed by atoms with Crippen molar-refractivity contribution in [2.24, 2.45) is 5.73 Å². The number of hydrogen-bond acceptors (Lipinski definition) is 5. The molecule has 2 aromatic carbocycles. The number of hydrogen-bond donors (Lipinski definition) is 3. The van der Waals surface area contributed by atoms with Crippen molar-refractivity contribution in [1.29, 1.82) is 0 Å². The third-order valence-corrected chi connectivity index (χ3v) is 5.83. The van der Waals surface area contributed by atoms with E-state index in [9.17, 15) is 19.5 Å². The number of carbonyl (C=O) groups is 3. The number of ether oxygens (including phenoxy) is 1. The number of pyridine rings is 1. The van der Waals surface area contributed by atoms with Crippen LogP contribution in [0.5, 0.6) is 0 Å². The van der Waals surface area contributed by atoms with Gasteiger partial charge in [-0.2, -0.15) is 0 Å². The van der Waals surface area contributed by atoms with Crippen molar-refractivity contribution in [1.82, 2.24) is 10.3 Å². The second-order valence-electron chi connectivity index (χ2n) is 7.93. The average molecular weight is 445 g/mol. The summed E-state index contributed by atoms with van der Waals surface area (Å²) < 4.78 is 5.45. The van der Waals surface area contributed by atoms with E-state index in [1.165, 1.54) is 12.3 Å². The molecule has 4 N–H and O–H groups in total. The lowest BCUT2D eigenvalue weighted by molar-refractivity contribution is -0.139. The molecule has 2 amide bonds. The Labute approximate surface area is 190 Å². The van der Waals surface area contributed by atoms with E-state index in [-0.39, 0.29) is 24.6 Å². The molecule has 0 fully saturated rings. The van der Waals surface area contributed by atoms with Gasteiger partial charge in [-0.15, -0.1) is 0 Å². The summed E-state index contributed by atoms with van der Waals surface area (Å²) in [6.45, 7) is 1.81. The highest BCUT2D eigenvalue weighted by atomic mass is 16.5. The molecular formula is C25H23N3O5. The number of rotatable bonds is 7. The molecule has 1 aliphatic rings. The topological polar surface area (TPSA) is 132 Å². The number of aliphatic carboxylic acids is 1. The maximum absolute atomic E-state index is 12.5. The number of benzene rings is 2. The Kier molecular flexibility index (Phi) is 6.08. The van der Waals surface area contributed by atoms with Gasteiger partial charge in [0.2, 0.25) is 0 Å². The summed E-state index contributed by atoms with van der Waals surface area (Å²) in [4.78, 5) is 39.6. The Hall–Kier alpha value is -4.20. The zero-order valence-corrected chi connectivity index (χ0v) is 17.9. The number of nitrogens with two attached hydrogens (primary N) is 1. The van der Waals surface area contributed by atoms with E-state index in [4.69, 9.17) is 10.5 Å². The Balaban J connectivity index is 1.45. The fraction of sp³-hybridized carbons (Fsp3) is 0.200. The van der Waals surface area contributed by atoms with Crippen LogP contribution < -0.4 is 11.1 Å². The van der Waals surface area contributed by atoms with E-state index in [1.807, 2.05) is 48.5 Å². The SMILES string of the molecule is Cc1cnc(C(N)=O)cc1C[C@H](NC(=O)OCC1c2ccccc2-c2ccccc21)C(=O)O. The van der Waals surface area contributed by atoms with E-state index in [0.29, 0.717) is 11.1 Å². The van der Waals surface area contributed by atoms with Crippen LogP contribution in [0, 0.1) is 6.92 Å². The van der Waals surface area contributed by atoms with E-state index in [1.54, 1.807) is 6.92 Å². The van der Waals surface area contributed by atoms with Crippen LogP contribution in [0.15, 0.2) is 60.8 Å². The third kappa shape index (κ3) is 4.55. The standard InChI is InChI=1S/C25H23N3O5/c1-14-12-27-21(23(26)29)10-15(14)11-22(24(30)31)28-25(32)33-13-20-18-8-4-2-6-16(18)17-7-3-5-9-19(17)20/h2-10,12,20,22H,11,13H2,1H3,(H2,26,29)(H,28,32)(H,30,31)/t22-/m0/s1. The van der Waals surface area contributed by atoms with Gasteiger partial charge in [-0.05, 0) is 46.4 Å². The predicted molar refractivity (Wildman–Crippen MR) is 121 cm³/mol. The molecule has 8 heteroatoms. The van der Waals surface area contributed by atoms with Crippen LogP contribution in [0.1, 0.15) is 38.7 Å². The molecule has 0 spiro atoms. The molecule has 0 bridgehead atoms. The van der Waals surface area contributed by atoms with Gasteiger partial charge in [-0.3, -0.25) is 9.78 Å². The highest BCUT2D eigenvalue weighted by Gasteiger charge is 2.30. The largest absolute Gasteiger partial charge is 0.480 e. The highest BCUT2D eigenvalue weighted by Crippen LogP contribution is 2.44. The first kappa shape index (κ1) is 22.0. The highest BCUT2D eigenvalue weighted by molar-refractivity contribution is 5.91. The smallest absolute Gasteiger partial charge is 0.407 e. The third-order valence-electron chi connectivity index (χ3n) is 5.83. The van der Waals surface area contributed by atoms with Gasteiger partial charge in [0.25, 0.3) is 5.91 Å². The molecule has 1 heterocycles. The van der Waals surface area contributed by atoms with Crippen LogP contribution in [-0.2, 0) is 16.0 Å². The van der Waals surface area contributed by atoms with Gasteiger partial charge in [-0.25, -0.2) is 9.59 Å². The van der Waals surface area contributed by atoms with E-state index in [2.05, 4.69) is 10.3 Å². The summed E-state index contributed by atoms with van der Waals surface area (Å²) in [6.07, 6.45) is 0.571. The second-order valence-corrected chi connectivity index (χ2v) is 7.93. The summed E-state index contributed by atoms with van der Waals surface area (Å²) in [5.74, 6) is -2.07. The van der Waals surface area contributed by atoms with Crippen LogP contribution in [0.4, 0.5) is 4.79 Å². The fourth-order valence-corrected chi connectivity index (χ4v) is 4.12. The Bertz CT molecular complexity index is 1190. The van der Waals surface area contributed by atoms with Crippen LogP contribution in [0.25, 0.3) is 11.1 Å². The van der Waals surface area contributed by atoms with Crippen LogP contribution in [0.3, 0.4) is 0 Å². The second kappa shape index (κ2) is 9.12. The minimum Gasteiger partial charge on any atom is -0.480 e. The van der Waals surface area contributed by atoms with Gasteiger partial charge < -0.3 is 20.9 Å². The van der Waals surface area contributed by atoms with Gasteiger partial charge in [0.1, 0.15) is 18.3 Å². The van der Waals surface area contributed by atoms with Gasteiger partial charge in [-0.1, -0.05) is 48.5 Å². The molecule has 8 nitrogen and oxygen atoms in total. The number of aryl methyl sites for hydroxylation is 1. The number of amides is 2. The summed E-state index contributed by atoms with van der Waals surface area (Å²) in [6, 6.07) is 16.1. The molecule has 0 aliphatic heterocycles. The zero-order valence-electron chi connectivity index (χ0n) is 17.9. The monoisotopic (exact) mass is 445 g/mol. The predicted octanol–water partition coefficient (Wildman–Crippen LogP) is 3.02. The number of carboxylic acids is 1. The van der Waals surface area contributed by atoms with Gasteiger partial charge in [0.15, 0.2) is 0 Å². The first-order chi connectivity index (χ1) is 15.8. The minimum atomic E-state index is -1.25. The first-order valence-corrected chi connectivity index (χ1v) is 10.4. The van der Waals surface area contributed by atoms with Gasteiger partial charge in [0, 0.05) is 18.5 Å². The van der Waals surface area contributed by atoms with Crippen LogP contribution in [-0.4, -0.2) is 40.7 Å². The zero-order chi connectivity index (χ0) is 23.5. The maximum atomic E-state index is 12.5. The molecule has 3 aromatic rings. The molecule has 1 atom stereocenters. The normalized spacial score (nSPS) is 13.0. The number of carbonyl (C=O) groups excluding carboxylic acids is 2. The molecule has 1 aromatic heterocycles. The maximum Gasteiger partial charge on any atom is 0.407 e. The van der Waals surface area contributed by atoms with Crippen LogP contribution in [0.2, 0.25) is 0 Å². The number of nitrogens with one attached hydrogen (secondary N) is 1. The van der Waals surface area contributed by atoms with E-state index >= 15 is 0 Å². The van der Waals surface area contributed by atoms with Crippen molar-refractivity contribution < 1.29 is 24.2 Å². The summed E-state index contributed by atoms with van der Waals surface area (Å²) in [5, 5.41) is 12.0. The quantitative estimate of drug-likeness (QED) is 0.512. The van der Waals surface area contributed by atoms with Crippen molar-refractivity contribution in [3.05, 3.63) is 88.7 Å². The van der Waals surface area contributed by atoms with Gasteiger partial charge >= 0.3 is 12.1 Å². The summed E-state index contributed by atoms with van der Waals surface area (Å²) in [5.41, 5.74) is 10.8. The average Bonchev–Trinajstić information content (AvgIpc) is 3.12. The molecule has 33 heavy (non-hydrogen) atoms. The number of fused-ring (bicyclic) bond motifs is 3. The number of alkyl carbamates (subject to hydrolysis) is 1. The van der Waals surface area contributed by atoms with Crippen molar-refractivity contribution in [2.45, 2.75) is 25.3 Å². The molecule has 168 valence electrons. The molecule has 1 aliphatic carbocycles. The lowest BCUT2D eigenvalue weighted by Gasteiger charge is -2.18. The number of aromatic nitrogens is 1. The molecule has 0 saturated heterocycles. The molecular weight excluding hydrogens is 422 g/mol. The number of primary amides is 1. The van der Waals surface area contributed by atoms with Crippen LogP contribution >= 0.6 is 0 Å². The van der Waals surface area contributed by atoms with E-state index < -0.39 is 24.0 Å². The minimum absolute atomic E-state index is 0.0286. The molecule has 0 saturated carbocycles. The lowest BCUT2D eigenvalue weighted by atomic mass is 9.98. The van der Waals surface area contributed by atoms with Crippen molar-refractivity contribution in [3.63, 3.8) is 0 Å². The molecule has 0 radical (unpaired) electrons. The number of carboxylic acid groups (broad SMARTS) is 1. The van der Waals surface area contributed by atoms with Crippen molar-refractivity contribution >= 4 is 18.0 Å². The fourth-order valence-electron chi connectivity index (χ4n) is 4.12. The van der Waals surface area contributed by atoms with E-state index in [0.717, 1.165) is 22.3 Å². The Morgan fingerprint density at radius 1 is 1.09 bits per heavy atom. The molecule has 0 unspecified atom stereocenters. The van der Waals surface area contributed by atoms with Gasteiger partial charge in [0.05, 0.1) is 0 Å². The summed E-state index contributed by atoms with van der Waals surface area (Å²) in [7, 11) is 0. The molecule has 4 rings (SSSR count). The lowest BCUT2D eigenvalue weighted by Crippen LogP contribution is -2.43. The first-order valence-electron chi connectivity index (χ1n) is 10.4. The Morgan fingerprint density at radius 2 is 1.70 bits per heavy atom. The summed E-state index contributed by atoms with van der Waals surface area (Å²) >= 11 is 0.